The predicted molar refractivity (Wildman–Crippen MR) is 123 cm³/mol. The summed E-state index contributed by atoms with van der Waals surface area (Å²) < 4.78 is 0. The van der Waals surface area contributed by atoms with Gasteiger partial charge < -0.3 is 0 Å². The van der Waals surface area contributed by atoms with Crippen LogP contribution in [0.4, 0.5) is 11.4 Å². The van der Waals surface area contributed by atoms with Crippen molar-refractivity contribution in [2.45, 2.75) is 6.92 Å². The highest BCUT2D eigenvalue weighted by atomic mass is 16.6. The van der Waals surface area contributed by atoms with Crippen molar-refractivity contribution < 1.29 is 19.4 Å². The lowest BCUT2D eigenvalue weighted by atomic mass is 10.1. The van der Waals surface area contributed by atoms with Crippen LogP contribution >= 0.6 is 0 Å². The molecule has 1 heterocycles. The van der Waals surface area contributed by atoms with Gasteiger partial charge in [-0.15, -0.1) is 9.89 Å². The zero-order valence-corrected chi connectivity index (χ0v) is 18.1. The number of hydrogen-bond donors (Lipinski definition) is 0. The zero-order chi connectivity index (χ0) is 25.1. The first-order chi connectivity index (χ1) is 16.8. The van der Waals surface area contributed by atoms with Crippen molar-refractivity contribution in [3.63, 3.8) is 0 Å². The maximum Gasteiger partial charge on any atom is 0.281 e. The number of amides is 2. The van der Waals surface area contributed by atoms with E-state index in [1.165, 1.54) is 24.3 Å². The van der Waals surface area contributed by atoms with Gasteiger partial charge in [0.1, 0.15) is 5.69 Å². The molecule has 174 valence electrons. The summed E-state index contributed by atoms with van der Waals surface area (Å²) in [6, 6.07) is 18.5. The van der Waals surface area contributed by atoms with E-state index in [0.717, 1.165) is 34.1 Å². The van der Waals surface area contributed by atoms with Crippen LogP contribution in [0.5, 0.6) is 0 Å². The molecule has 0 spiro atoms. The fraction of sp³-hybridized carbons (Fsp3) is 0.0435. The van der Waals surface area contributed by atoms with Gasteiger partial charge in [0.25, 0.3) is 23.2 Å². The van der Waals surface area contributed by atoms with Crippen LogP contribution in [0.2, 0.25) is 0 Å². The van der Waals surface area contributed by atoms with Gasteiger partial charge in [0.2, 0.25) is 0 Å². The Morgan fingerprint density at radius 1 is 0.771 bits per heavy atom. The first-order valence-electron chi connectivity index (χ1n) is 10.1. The third-order valence-electron chi connectivity index (χ3n) is 5.14. The average Bonchev–Trinajstić information content (AvgIpc) is 3.25. The summed E-state index contributed by atoms with van der Waals surface area (Å²) in [5.41, 5.74) is 1.05. The number of nitro benzene ring substituents is 2. The number of imide groups is 1. The van der Waals surface area contributed by atoms with Crippen LogP contribution in [0, 0.1) is 27.2 Å². The Bertz CT molecular complexity index is 1360. The molecule has 2 amide bonds. The molecule has 4 aromatic rings. The van der Waals surface area contributed by atoms with Crippen molar-refractivity contribution >= 4 is 23.2 Å². The third kappa shape index (κ3) is 4.48. The Hall–Kier alpha value is -5.26. The van der Waals surface area contributed by atoms with Gasteiger partial charge in [0, 0.05) is 41.0 Å². The molecule has 3 aromatic carbocycles. The predicted octanol–water partition coefficient (Wildman–Crippen LogP) is 3.69. The first kappa shape index (κ1) is 22.9. The zero-order valence-electron chi connectivity index (χ0n) is 18.1. The summed E-state index contributed by atoms with van der Waals surface area (Å²) in [6.45, 7) is 1.63. The summed E-state index contributed by atoms with van der Waals surface area (Å²) in [4.78, 5) is 48.7. The summed E-state index contributed by atoms with van der Waals surface area (Å²) in [5.74, 6) is -1.65. The largest absolute Gasteiger partial charge is 0.281 e. The van der Waals surface area contributed by atoms with Gasteiger partial charge >= 0.3 is 0 Å². The number of nitro groups is 2. The van der Waals surface area contributed by atoms with E-state index in [9.17, 15) is 29.8 Å². The molecule has 0 unspecified atom stereocenters. The maximum absolute atomic E-state index is 13.5. The molecule has 0 aliphatic carbocycles. The molecular formula is C23H16N6O6. The van der Waals surface area contributed by atoms with E-state index in [0.29, 0.717) is 17.0 Å². The molecule has 1 aromatic heterocycles. The fourth-order valence-electron chi connectivity index (χ4n) is 3.33. The number of carbonyl (C=O) groups excluding carboxylic acids is 2. The molecule has 0 saturated heterocycles. The monoisotopic (exact) mass is 472 g/mol. The average molecular weight is 472 g/mol. The lowest BCUT2D eigenvalue weighted by Crippen LogP contribution is -2.46. The Morgan fingerprint density at radius 2 is 1.23 bits per heavy atom. The SMILES string of the molecule is Cc1c(-c2ccccc2)nnn1N(C(=O)c1ccc([N+](=O)[O-])cc1)C(=O)c1ccc([N+](=O)[O-])cc1. The van der Waals surface area contributed by atoms with E-state index in [1.807, 2.05) is 6.07 Å². The second-order valence-corrected chi connectivity index (χ2v) is 7.31. The van der Waals surface area contributed by atoms with E-state index in [1.54, 1.807) is 31.2 Å². The molecule has 0 N–H and O–H groups in total. The second-order valence-electron chi connectivity index (χ2n) is 7.31. The maximum atomic E-state index is 13.5. The van der Waals surface area contributed by atoms with Crippen LogP contribution in [0.15, 0.2) is 78.9 Å². The minimum Gasteiger partial charge on any atom is -0.267 e. The van der Waals surface area contributed by atoms with Crippen LogP contribution in [-0.2, 0) is 0 Å². The summed E-state index contributed by atoms with van der Waals surface area (Å²) in [6.07, 6.45) is 0. The van der Waals surface area contributed by atoms with Crippen LogP contribution in [0.3, 0.4) is 0 Å². The number of benzene rings is 3. The molecule has 35 heavy (non-hydrogen) atoms. The molecule has 4 rings (SSSR count). The lowest BCUT2D eigenvalue weighted by molar-refractivity contribution is -0.385. The van der Waals surface area contributed by atoms with Crippen LogP contribution < -0.4 is 5.01 Å². The minimum atomic E-state index is -0.823. The lowest BCUT2D eigenvalue weighted by Gasteiger charge is -2.21. The smallest absolute Gasteiger partial charge is 0.267 e. The van der Waals surface area contributed by atoms with Gasteiger partial charge in [-0.25, -0.2) is 0 Å². The Kier molecular flexibility index (Phi) is 6.10. The number of rotatable bonds is 6. The number of carbonyl (C=O) groups is 2. The van der Waals surface area contributed by atoms with Crippen LogP contribution in [0.25, 0.3) is 11.3 Å². The molecule has 12 nitrogen and oxygen atoms in total. The standard InChI is InChI=1S/C23H16N6O6/c1-15-21(16-5-3-2-4-6-16)24-25-27(15)26(22(30)17-7-11-19(12-8-17)28(32)33)23(31)18-9-13-20(14-10-18)29(34)35/h2-14H,1H3. The van der Waals surface area contributed by atoms with E-state index in [-0.39, 0.29) is 22.5 Å². The van der Waals surface area contributed by atoms with Gasteiger partial charge in [0.15, 0.2) is 0 Å². The highest BCUT2D eigenvalue weighted by Crippen LogP contribution is 2.22. The summed E-state index contributed by atoms with van der Waals surface area (Å²) in [5, 5.41) is 30.8. The molecular weight excluding hydrogens is 456 g/mol. The number of aromatic nitrogens is 3. The van der Waals surface area contributed by atoms with Gasteiger partial charge in [-0.3, -0.25) is 29.8 Å². The van der Waals surface area contributed by atoms with Gasteiger partial charge in [-0.05, 0) is 36.4 Å². The Labute approximate surface area is 197 Å². The Morgan fingerprint density at radius 3 is 1.66 bits per heavy atom. The molecule has 0 radical (unpaired) electrons. The number of nitrogens with zero attached hydrogens (tertiary/aromatic N) is 6. The van der Waals surface area contributed by atoms with Gasteiger partial charge in [-0.2, -0.15) is 5.01 Å². The normalized spacial score (nSPS) is 10.5. The molecule has 0 aliphatic rings. The molecule has 0 aliphatic heterocycles. The topological polar surface area (TPSA) is 154 Å². The Balaban J connectivity index is 1.80. The highest BCUT2D eigenvalue weighted by molar-refractivity contribution is 6.21. The highest BCUT2D eigenvalue weighted by Gasteiger charge is 2.30. The molecule has 0 fully saturated rings. The molecule has 0 saturated carbocycles. The van der Waals surface area contributed by atoms with Gasteiger partial charge in [0.05, 0.1) is 15.5 Å². The third-order valence-corrected chi connectivity index (χ3v) is 5.14. The van der Waals surface area contributed by atoms with E-state index in [2.05, 4.69) is 10.3 Å². The van der Waals surface area contributed by atoms with Crippen LogP contribution in [-0.4, -0.2) is 36.8 Å². The van der Waals surface area contributed by atoms with Crippen molar-refractivity contribution in [3.05, 3.63) is 116 Å². The van der Waals surface area contributed by atoms with Crippen molar-refractivity contribution in [1.82, 2.24) is 15.1 Å². The van der Waals surface area contributed by atoms with E-state index < -0.39 is 21.7 Å². The van der Waals surface area contributed by atoms with E-state index in [4.69, 9.17) is 0 Å². The van der Waals surface area contributed by atoms with E-state index >= 15 is 0 Å². The quantitative estimate of drug-likeness (QED) is 0.234. The fourth-order valence-corrected chi connectivity index (χ4v) is 3.33. The number of hydrogen-bond acceptors (Lipinski definition) is 8. The van der Waals surface area contributed by atoms with Crippen LogP contribution in [0.1, 0.15) is 26.4 Å². The summed E-state index contributed by atoms with van der Waals surface area (Å²) in [7, 11) is 0. The van der Waals surface area contributed by atoms with Crippen molar-refractivity contribution in [2.24, 2.45) is 0 Å². The van der Waals surface area contributed by atoms with Crippen molar-refractivity contribution in [2.75, 3.05) is 5.01 Å². The van der Waals surface area contributed by atoms with Gasteiger partial charge in [-0.1, -0.05) is 30.3 Å². The molecule has 0 bridgehead atoms. The van der Waals surface area contributed by atoms with Crippen molar-refractivity contribution in [3.8, 4) is 11.3 Å². The van der Waals surface area contributed by atoms with Crippen molar-refractivity contribution in [1.29, 1.82) is 0 Å². The molecule has 0 atom stereocenters. The molecule has 12 heteroatoms. The first-order valence-corrected chi connectivity index (χ1v) is 10.1. The second kappa shape index (κ2) is 9.31. The minimum absolute atomic E-state index is 0.0120. The number of non-ortho nitro benzene ring substituents is 2. The summed E-state index contributed by atoms with van der Waals surface area (Å²) >= 11 is 0.